The summed E-state index contributed by atoms with van der Waals surface area (Å²) >= 11 is 3.51. The maximum atomic E-state index is 5.96. The van der Waals surface area contributed by atoms with Crippen LogP contribution in [0.25, 0.3) is 0 Å². The summed E-state index contributed by atoms with van der Waals surface area (Å²) in [5.41, 5.74) is 1.31. The average Bonchev–Trinajstić information content (AvgIpc) is 3.37. The Morgan fingerprint density at radius 2 is 2.12 bits per heavy atom. The molecule has 3 aliphatic heterocycles. The molecule has 0 radical (unpaired) electrons. The quantitative estimate of drug-likeness (QED) is 0.567. The van der Waals surface area contributed by atoms with Crippen molar-refractivity contribution in [2.24, 2.45) is 10.9 Å². The Bertz CT molecular complexity index is 635. The van der Waals surface area contributed by atoms with Gasteiger partial charge < -0.3 is 20.3 Å². The Balaban J connectivity index is 1.31. The van der Waals surface area contributed by atoms with Gasteiger partial charge in [-0.2, -0.15) is 0 Å². The van der Waals surface area contributed by atoms with Crippen molar-refractivity contribution in [3.63, 3.8) is 0 Å². The number of rotatable bonds is 5. The third-order valence-electron chi connectivity index (χ3n) is 5.76. The highest BCUT2D eigenvalue weighted by molar-refractivity contribution is 9.10. The van der Waals surface area contributed by atoms with E-state index in [1.165, 1.54) is 24.9 Å². The van der Waals surface area contributed by atoms with Crippen LogP contribution >= 0.6 is 15.9 Å². The highest BCUT2D eigenvalue weighted by Crippen LogP contribution is 2.34. The number of guanidine groups is 1. The molecule has 4 unspecified atom stereocenters. The lowest BCUT2D eigenvalue weighted by Gasteiger charge is -2.23. The fourth-order valence-corrected chi connectivity index (χ4v) is 4.64. The van der Waals surface area contributed by atoms with Gasteiger partial charge >= 0.3 is 0 Å². The molecular formula is C20H29BrN4O. The second-order valence-electron chi connectivity index (χ2n) is 7.66. The Kier molecular flexibility index (Phi) is 5.69. The summed E-state index contributed by atoms with van der Waals surface area (Å²) in [4.78, 5) is 7.36. The van der Waals surface area contributed by atoms with Crippen molar-refractivity contribution < 1.29 is 4.74 Å². The molecule has 1 aromatic rings. The molecule has 0 spiro atoms. The van der Waals surface area contributed by atoms with E-state index in [0.717, 1.165) is 43.0 Å². The van der Waals surface area contributed by atoms with Gasteiger partial charge in [0.05, 0.1) is 18.2 Å². The Morgan fingerprint density at radius 1 is 1.27 bits per heavy atom. The molecule has 142 valence electrons. The lowest BCUT2D eigenvalue weighted by Crippen LogP contribution is -2.47. The van der Waals surface area contributed by atoms with E-state index in [1.54, 1.807) is 0 Å². The van der Waals surface area contributed by atoms with E-state index in [9.17, 15) is 0 Å². The molecule has 4 atom stereocenters. The number of benzene rings is 1. The van der Waals surface area contributed by atoms with Crippen molar-refractivity contribution in [1.29, 1.82) is 0 Å². The van der Waals surface area contributed by atoms with E-state index >= 15 is 0 Å². The number of hydrogen-bond donors (Lipinski definition) is 2. The standard InChI is InChI=1S/C20H29BrN4O/c1-2-22-20(24-18-11-17-7-8-19(18)26-17)23-12-14-9-10-25(13-14)16-5-3-15(21)4-6-16/h3-6,14,17-19H,2,7-13H2,1H3,(H2,22,23,24). The molecule has 2 N–H and O–H groups in total. The summed E-state index contributed by atoms with van der Waals surface area (Å²) in [6, 6.07) is 9.04. The van der Waals surface area contributed by atoms with Gasteiger partial charge in [-0.1, -0.05) is 15.9 Å². The molecular weight excluding hydrogens is 392 g/mol. The average molecular weight is 421 g/mol. The number of ether oxygens (including phenoxy) is 1. The highest BCUT2D eigenvalue weighted by atomic mass is 79.9. The first kappa shape index (κ1) is 18.1. The van der Waals surface area contributed by atoms with Crippen LogP contribution in [-0.2, 0) is 4.74 Å². The van der Waals surface area contributed by atoms with Crippen LogP contribution < -0.4 is 15.5 Å². The first-order valence-corrected chi connectivity index (χ1v) is 10.7. The summed E-state index contributed by atoms with van der Waals surface area (Å²) in [5.74, 6) is 1.57. The summed E-state index contributed by atoms with van der Waals surface area (Å²) in [6.45, 7) is 6.10. The van der Waals surface area contributed by atoms with E-state index in [1.807, 2.05) is 0 Å². The topological polar surface area (TPSA) is 48.9 Å². The fourth-order valence-electron chi connectivity index (χ4n) is 4.37. The molecule has 3 fully saturated rings. The minimum atomic E-state index is 0.378. The second kappa shape index (κ2) is 8.17. The van der Waals surface area contributed by atoms with Crippen LogP contribution in [-0.4, -0.2) is 50.4 Å². The zero-order chi connectivity index (χ0) is 17.9. The smallest absolute Gasteiger partial charge is 0.191 e. The molecule has 2 bridgehead atoms. The first-order chi connectivity index (χ1) is 12.7. The van der Waals surface area contributed by atoms with Gasteiger partial charge in [-0.15, -0.1) is 0 Å². The number of anilines is 1. The number of hydrogen-bond acceptors (Lipinski definition) is 3. The number of fused-ring (bicyclic) bond motifs is 2. The maximum absolute atomic E-state index is 5.96. The highest BCUT2D eigenvalue weighted by Gasteiger charge is 2.41. The molecule has 4 rings (SSSR count). The van der Waals surface area contributed by atoms with Crippen LogP contribution in [0, 0.1) is 5.92 Å². The van der Waals surface area contributed by atoms with Crippen molar-refractivity contribution in [1.82, 2.24) is 10.6 Å². The lowest BCUT2D eigenvalue weighted by atomic mass is 9.96. The molecule has 0 saturated carbocycles. The van der Waals surface area contributed by atoms with Gasteiger partial charge in [-0.25, -0.2) is 0 Å². The summed E-state index contributed by atoms with van der Waals surface area (Å²) in [7, 11) is 0. The van der Waals surface area contributed by atoms with E-state index < -0.39 is 0 Å². The molecule has 6 heteroatoms. The third kappa shape index (κ3) is 4.17. The number of nitrogens with zero attached hydrogens (tertiary/aromatic N) is 2. The van der Waals surface area contributed by atoms with Crippen molar-refractivity contribution >= 4 is 27.6 Å². The van der Waals surface area contributed by atoms with Gasteiger partial charge in [0.2, 0.25) is 0 Å². The lowest BCUT2D eigenvalue weighted by molar-refractivity contribution is 0.0992. The third-order valence-corrected chi connectivity index (χ3v) is 6.29. The van der Waals surface area contributed by atoms with Gasteiger partial charge in [0, 0.05) is 36.3 Å². The predicted octanol–water partition coefficient (Wildman–Crippen LogP) is 3.15. The Morgan fingerprint density at radius 3 is 2.81 bits per heavy atom. The molecule has 0 amide bonds. The van der Waals surface area contributed by atoms with Crippen LogP contribution in [0.4, 0.5) is 5.69 Å². The molecule has 5 nitrogen and oxygen atoms in total. The largest absolute Gasteiger partial charge is 0.373 e. The van der Waals surface area contributed by atoms with Crippen LogP contribution in [0.3, 0.4) is 0 Å². The summed E-state index contributed by atoms with van der Waals surface area (Å²) < 4.78 is 7.09. The molecule has 3 aliphatic rings. The van der Waals surface area contributed by atoms with Crippen molar-refractivity contribution in [2.75, 3.05) is 31.1 Å². The zero-order valence-electron chi connectivity index (χ0n) is 15.5. The first-order valence-electron chi connectivity index (χ1n) is 9.92. The molecule has 3 saturated heterocycles. The molecule has 3 heterocycles. The molecule has 0 aliphatic carbocycles. The Labute approximate surface area is 164 Å². The van der Waals surface area contributed by atoms with E-state index in [4.69, 9.17) is 9.73 Å². The SMILES string of the molecule is CCNC(=NCC1CCN(c2ccc(Br)cc2)C1)NC1CC2CCC1O2. The van der Waals surface area contributed by atoms with Gasteiger partial charge in [0.25, 0.3) is 0 Å². The van der Waals surface area contributed by atoms with Crippen molar-refractivity contribution in [3.05, 3.63) is 28.7 Å². The number of halogens is 1. The van der Waals surface area contributed by atoms with Crippen molar-refractivity contribution in [3.8, 4) is 0 Å². The predicted molar refractivity (Wildman–Crippen MR) is 110 cm³/mol. The van der Waals surface area contributed by atoms with Crippen LogP contribution in [0.1, 0.15) is 32.6 Å². The number of aliphatic imine (C=N–C) groups is 1. The summed E-state index contributed by atoms with van der Waals surface area (Å²) in [5, 5.41) is 7.02. The second-order valence-corrected chi connectivity index (χ2v) is 8.57. The zero-order valence-corrected chi connectivity index (χ0v) is 17.0. The fraction of sp³-hybridized carbons (Fsp3) is 0.650. The van der Waals surface area contributed by atoms with Gasteiger partial charge in [-0.3, -0.25) is 4.99 Å². The van der Waals surface area contributed by atoms with Crippen LogP contribution in [0.2, 0.25) is 0 Å². The monoisotopic (exact) mass is 420 g/mol. The van der Waals surface area contributed by atoms with Gasteiger partial charge in [-0.05, 0) is 62.8 Å². The Hall–Kier alpha value is -1.27. The van der Waals surface area contributed by atoms with Gasteiger partial charge in [0.1, 0.15) is 0 Å². The van der Waals surface area contributed by atoms with E-state index in [-0.39, 0.29) is 0 Å². The number of nitrogens with one attached hydrogen (secondary N) is 2. The van der Waals surface area contributed by atoms with Crippen LogP contribution in [0.15, 0.2) is 33.7 Å². The van der Waals surface area contributed by atoms with E-state index in [2.05, 4.69) is 62.7 Å². The minimum Gasteiger partial charge on any atom is -0.373 e. The maximum Gasteiger partial charge on any atom is 0.191 e. The molecule has 1 aromatic carbocycles. The minimum absolute atomic E-state index is 0.378. The van der Waals surface area contributed by atoms with E-state index in [0.29, 0.717) is 24.2 Å². The molecule has 26 heavy (non-hydrogen) atoms. The van der Waals surface area contributed by atoms with Crippen molar-refractivity contribution in [2.45, 2.75) is 50.9 Å². The summed E-state index contributed by atoms with van der Waals surface area (Å²) in [6.07, 6.45) is 5.58. The van der Waals surface area contributed by atoms with Gasteiger partial charge in [0.15, 0.2) is 5.96 Å². The normalized spacial score (nSPS) is 30.8. The molecule has 0 aromatic heterocycles. The van der Waals surface area contributed by atoms with Crippen LogP contribution in [0.5, 0.6) is 0 Å².